The lowest BCUT2D eigenvalue weighted by Crippen LogP contribution is -2.13. The van der Waals surface area contributed by atoms with Gasteiger partial charge in [0.15, 0.2) is 6.10 Å². The van der Waals surface area contributed by atoms with Crippen LogP contribution in [0.1, 0.15) is 56.6 Å². The van der Waals surface area contributed by atoms with Crippen LogP contribution in [0.2, 0.25) is 0 Å². The Balaban J connectivity index is 2.60. The normalized spacial score (nSPS) is 12.1. The average molecular weight is 304 g/mol. The summed E-state index contributed by atoms with van der Waals surface area (Å²) < 4.78 is 28.1. The maximum atomic E-state index is 14.1. The molecule has 1 unspecified atom stereocenters. The van der Waals surface area contributed by atoms with Crippen molar-refractivity contribution in [3.63, 3.8) is 0 Å². The zero-order chi connectivity index (χ0) is 16.4. The van der Waals surface area contributed by atoms with E-state index >= 15 is 0 Å². The van der Waals surface area contributed by atoms with Gasteiger partial charge in [0.1, 0.15) is 0 Å². The van der Waals surface area contributed by atoms with E-state index in [9.17, 15) is 8.78 Å². The van der Waals surface area contributed by atoms with Crippen LogP contribution in [0.3, 0.4) is 0 Å². The minimum Gasteiger partial charge on any atom is -0.369 e. The number of unbranched alkanes of at least 4 members (excludes halogenated alkanes) is 4. The Labute approximate surface area is 131 Å². The lowest BCUT2D eigenvalue weighted by Gasteiger charge is -2.16. The Kier molecular flexibility index (Phi) is 7.64. The maximum Gasteiger partial charge on any atom is 0.273 e. The van der Waals surface area contributed by atoms with Crippen molar-refractivity contribution in [3.8, 4) is 24.2 Å². The summed E-state index contributed by atoms with van der Waals surface area (Å²) in [5, 5.41) is 9.13. The van der Waals surface area contributed by atoms with Crippen molar-refractivity contribution < 1.29 is 13.9 Å². The van der Waals surface area contributed by atoms with Gasteiger partial charge in [0.05, 0.1) is 0 Å². The van der Waals surface area contributed by atoms with Crippen LogP contribution in [0, 0.1) is 24.2 Å². The van der Waals surface area contributed by atoms with Crippen LogP contribution in [0.4, 0.5) is 8.78 Å². The van der Waals surface area contributed by atoms with Gasteiger partial charge in [-0.05, 0) is 18.6 Å². The first kappa shape index (κ1) is 18.2. The molecule has 0 saturated heterocycles. The molecule has 0 aromatic heterocycles. The Morgan fingerprint density at radius 3 is 2.36 bits per heavy atom. The van der Waals surface area contributed by atoms with E-state index in [4.69, 9.17) is 11.5 Å². The fraction of sp³-hybridized carbons (Fsp3) is 0.474. The van der Waals surface area contributed by atoms with Gasteiger partial charge in [-0.25, -0.2) is 8.78 Å². The van der Waals surface area contributed by atoms with Gasteiger partial charge in [-0.15, -0.1) is 6.42 Å². The highest BCUT2D eigenvalue weighted by molar-refractivity contribution is 5.38. The number of hydrogen-bond acceptors (Lipinski definition) is 1. The van der Waals surface area contributed by atoms with E-state index in [0.717, 1.165) is 25.7 Å². The molecular weight excluding hydrogens is 282 g/mol. The zero-order valence-corrected chi connectivity index (χ0v) is 12.9. The number of benzene rings is 1. The molecule has 3 heteroatoms. The third-order valence-electron chi connectivity index (χ3n) is 3.41. The molecule has 0 heterocycles. The van der Waals surface area contributed by atoms with Gasteiger partial charge in [-0.3, -0.25) is 0 Å². The monoisotopic (exact) mass is 304 g/mol. The van der Waals surface area contributed by atoms with E-state index in [1.165, 1.54) is 24.3 Å². The number of aliphatic hydroxyl groups is 1. The summed E-state index contributed by atoms with van der Waals surface area (Å²) >= 11 is 0. The van der Waals surface area contributed by atoms with Crippen molar-refractivity contribution in [3.05, 3.63) is 35.4 Å². The lowest BCUT2D eigenvalue weighted by atomic mass is 10.00. The van der Waals surface area contributed by atoms with Crippen LogP contribution in [-0.2, 0) is 5.92 Å². The molecule has 0 aliphatic heterocycles. The second-order valence-corrected chi connectivity index (χ2v) is 5.28. The molecule has 1 N–H and O–H groups in total. The van der Waals surface area contributed by atoms with Crippen LogP contribution in [0.25, 0.3) is 0 Å². The highest BCUT2D eigenvalue weighted by Gasteiger charge is 2.30. The van der Waals surface area contributed by atoms with Crippen LogP contribution in [0.15, 0.2) is 24.3 Å². The molecule has 0 spiro atoms. The van der Waals surface area contributed by atoms with Crippen molar-refractivity contribution in [2.24, 2.45) is 0 Å². The van der Waals surface area contributed by atoms with Crippen LogP contribution in [-0.4, -0.2) is 11.2 Å². The highest BCUT2D eigenvalue weighted by Crippen LogP contribution is 2.33. The first-order chi connectivity index (χ1) is 10.5. The first-order valence-electron chi connectivity index (χ1n) is 7.63. The number of alkyl halides is 2. The molecule has 1 nitrogen and oxygen atoms in total. The van der Waals surface area contributed by atoms with E-state index in [1.54, 1.807) is 0 Å². The van der Waals surface area contributed by atoms with Gasteiger partial charge < -0.3 is 5.11 Å². The van der Waals surface area contributed by atoms with Gasteiger partial charge in [0, 0.05) is 17.5 Å². The molecule has 1 atom stereocenters. The van der Waals surface area contributed by atoms with Crippen molar-refractivity contribution >= 4 is 0 Å². The zero-order valence-electron chi connectivity index (χ0n) is 12.9. The topological polar surface area (TPSA) is 20.2 Å². The summed E-state index contributed by atoms with van der Waals surface area (Å²) in [6.07, 6.45) is 8.32. The van der Waals surface area contributed by atoms with Crippen molar-refractivity contribution in [2.75, 3.05) is 0 Å². The summed E-state index contributed by atoms with van der Waals surface area (Å²) in [4.78, 5) is 0. The molecule has 0 aliphatic carbocycles. The van der Waals surface area contributed by atoms with E-state index < -0.39 is 12.0 Å². The fourth-order valence-corrected chi connectivity index (χ4v) is 2.09. The number of halogens is 2. The van der Waals surface area contributed by atoms with E-state index in [-0.39, 0.29) is 12.0 Å². The second kappa shape index (κ2) is 9.23. The average Bonchev–Trinajstić information content (AvgIpc) is 2.52. The summed E-state index contributed by atoms with van der Waals surface area (Å²) in [6.45, 7) is 2.10. The second-order valence-electron chi connectivity index (χ2n) is 5.28. The minimum atomic E-state index is -2.81. The van der Waals surface area contributed by atoms with Crippen LogP contribution in [0.5, 0.6) is 0 Å². The third kappa shape index (κ3) is 6.29. The Morgan fingerprint density at radius 1 is 1.14 bits per heavy atom. The standard InChI is InChI=1S/C19H22F2O/c1-3-5-6-7-8-15-19(20,21)17-12-9-16(10-13-17)11-14-18(22)4-2/h2,9-10,12-13,18,22H,3,5-8,15H2,1H3. The van der Waals surface area contributed by atoms with Gasteiger partial charge in [-0.2, -0.15) is 0 Å². The van der Waals surface area contributed by atoms with Crippen LogP contribution >= 0.6 is 0 Å². The van der Waals surface area contributed by atoms with Crippen molar-refractivity contribution in [1.29, 1.82) is 0 Å². The van der Waals surface area contributed by atoms with Gasteiger partial charge in [0.25, 0.3) is 5.92 Å². The predicted octanol–water partition coefficient (Wildman–Crippen LogP) is 4.48. The van der Waals surface area contributed by atoms with Crippen molar-refractivity contribution in [1.82, 2.24) is 0 Å². The molecule has 0 saturated carbocycles. The molecule has 0 fully saturated rings. The summed E-state index contributed by atoms with van der Waals surface area (Å²) in [5.41, 5.74) is 0.558. The van der Waals surface area contributed by atoms with E-state index in [2.05, 4.69) is 24.7 Å². The Bertz CT molecular complexity index is 544. The lowest BCUT2D eigenvalue weighted by molar-refractivity contribution is -0.0158. The molecule has 118 valence electrons. The summed E-state index contributed by atoms with van der Waals surface area (Å²) in [5.74, 6) is 4.36. The number of terminal acetylenes is 1. The molecule has 0 radical (unpaired) electrons. The van der Waals surface area contributed by atoms with E-state index in [0.29, 0.717) is 12.0 Å². The van der Waals surface area contributed by atoms with Crippen molar-refractivity contribution in [2.45, 2.75) is 57.5 Å². The van der Waals surface area contributed by atoms with Gasteiger partial charge >= 0.3 is 0 Å². The van der Waals surface area contributed by atoms with E-state index in [1.807, 2.05) is 0 Å². The fourth-order valence-electron chi connectivity index (χ4n) is 2.09. The molecule has 22 heavy (non-hydrogen) atoms. The maximum absolute atomic E-state index is 14.1. The molecule has 0 bridgehead atoms. The molecule has 0 amide bonds. The summed E-state index contributed by atoms with van der Waals surface area (Å²) in [7, 11) is 0. The smallest absolute Gasteiger partial charge is 0.273 e. The summed E-state index contributed by atoms with van der Waals surface area (Å²) in [6, 6.07) is 5.82. The first-order valence-corrected chi connectivity index (χ1v) is 7.63. The molecule has 1 rings (SSSR count). The number of aliphatic hydroxyl groups excluding tert-OH is 1. The SMILES string of the molecule is C#CC(O)C#Cc1ccc(C(F)(F)CCCCCCC)cc1. The predicted molar refractivity (Wildman–Crippen MR) is 85.4 cm³/mol. The molecular formula is C19H22F2O. The molecule has 0 aliphatic rings. The largest absolute Gasteiger partial charge is 0.369 e. The number of hydrogen-bond donors (Lipinski definition) is 1. The quantitative estimate of drug-likeness (QED) is 0.581. The third-order valence-corrected chi connectivity index (χ3v) is 3.41. The number of rotatable bonds is 7. The van der Waals surface area contributed by atoms with Crippen LogP contribution < -0.4 is 0 Å². The Hall–Kier alpha value is -1.84. The Morgan fingerprint density at radius 2 is 1.77 bits per heavy atom. The highest BCUT2D eigenvalue weighted by atomic mass is 19.3. The van der Waals surface area contributed by atoms with Gasteiger partial charge in [-0.1, -0.05) is 62.5 Å². The van der Waals surface area contributed by atoms with Gasteiger partial charge in [0.2, 0.25) is 0 Å². The molecule has 1 aromatic carbocycles. The minimum absolute atomic E-state index is 0.00559. The molecule has 1 aromatic rings.